The Morgan fingerprint density at radius 1 is 1.44 bits per heavy atom. The third-order valence-electron chi connectivity index (χ3n) is 2.87. The zero-order chi connectivity index (χ0) is 13.4. The number of hydrogen-bond donors (Lipinski definition) is 1. The molecule has 0 aromatic carbocycles. The lowest BCUT2D eigenvalue weighted by Crippen LogP contribution is -2.30. The molecular weight excluding hydrogens is 238 g/mol. The number of ether oxygens (including phenoxy) is 2. The first-order valence-corrected chi connectivity index (χ1v) is 6.24. The molecule has 0 radical (unpaired) electrons. The van der Waals surface area contributed by atoms with Gasteiger partial charge in [0.25, 0.3) is 0 Å². The van der Waals surface area contributed by atoms with Crippen LogP contribution in [0.3, 0.4) is 0 Å². The monoisotopic (exact) mass is 259 g/mol. The van der Waals surface area contributed by atoms with Crippen LogP contribution in [-0.2, 0) is 19.1 Å². The van der Waals surface area contributed by atoms with E-state index in [-0.39, 0.29) is 31.4 Å². The molecule has 1 fully saturated rings. The van der Waals surface area contributed by atoms with E-state index >= 15 is 0 Å². The molecule has 0 aromatic rings. The highest BCUT2D eigenvalue weighted by molar-refractivity contribution is 5.76. The van der Waals surface area contributed by atoms with Gasteiger partial charge in [-0.1, -0.05) is 0 Å². The molecule has 1 unspecified atom stereocenters. The number of aliphatic carboxylic acids is 1. The zero-order valence-corrected chi connectivity index (χ0v) is 10.8. The molecule has 1 N–H and O–H groups in total. The van der Waals surface area contributed by atoms with Gasteiger partial charge in [0, 0.05) is 20.2 Å². The highest BCUT2D eigenvalue weighted by Crippen LogP contribution is 2.11. The van der Waals surface area contributed by atoms with Gasteiger partial charge in [-0.15, -0.1) is 0 Å². The minimum atomic E-state index is -0.899. The molecule has 1 atom stereocenters. The van der Waals surface area contributed by atoms with Gasteiger partial charge in [-0.3, -0.25) is 9.59 Å². The fourth-order valence-electron chi connectivity index (χ4n) is 1.73. The lowest BCUT2D eigenvalue weighted by Gasteiger charge is -2.16. The summed E-state index contributed by atoms with van der Waals surface area (Å²) in [6.45, 7) is 1.92. The van der Waals surface area contributed by atoms with E-state index in [1.54, 1.807) is 7.05 Å². The standard InChI is InChI=1S/C12H21NO5/c1-13(6-4-12(15)16)11(14)5-8-17-9-10-3-2-7-18-10/h10H,2-9H2,1H3,(H,15,16). The summed E-state index contributed by atoms with van der Waals surface area (Å²) in [4.78, 5) is 23.4. The second-order valence-corrected chi connectivity index (χ2v) is 4.42. The summed E-state index contributed by atoms with van der Waals surface area (Å²) in [6.07, 6.45) is 2.52. The van der Waals surface area contributed by atoms with Crippen molar-refractivity contribution in [1.29, 1.82) is 0 Å². The summed E-state index contributed by atoms with van der Waals surface area (Å²) in [7, 11) is 1.60. The Hall–Kier alpha value is -1.14. The van der Waals surface area contributed by atoms with Crippen molar-refractivity contribution in [2.24, 2.45) is 0 Å². The van der Waals surface area contributed by atoms with Gasteiger partial charge in [0.15, 0.2) is 0 Å². The van der Waals surface area contributed by atoms with Gasteiger partial charge < -0.3 is 19.5 Å². The van der Waals surface area contributed by atoms with E-state index in [0.29, 0.717) is 13.2 Å². The number of carbonyl (C=O) groups excluding carboxylic acids is 1. The normalized spacial score (nSPS) is 18.8. The van der Waals surface area contributed by atoms with E-state index in [9.17, 15) is 9.59 Å². The molecule has 6 nitrogen and oxygen atoms in total. The van der Waals surface area contributed by atoms with E-state index in [1.807, 2.05) is 0 Å². The third kappa shape index (κ3) is 5.97. The zero-order valence-electron chi connectivity index (χ0n) is 10.8. The molecule has 1 amide bonds. The molecule has 0 saturated carbocycles. The van der Waals surface area contributed by atoms with E-state index in [4.69, 9.17) is 14.6 Å². The fourth-order valence-corrected chi connectivity index (χ4v) is 1.73. The first kappa shape index (κ1) is 14.9. The second kappa shape index (κ2) is 8.05. The van der Waals surface area contributed by atoms with Gasteiger partial charge in [-0.2, -0.15) is 0 Å². The van der Waals surface area contributed by atoms with E-state index in [1.165, 1.54) is 4.90 Å². The number of carboxylic acids is 1. The average molecular weight is 259 g/mol. The Morgan fingerprint density at radius 3 is 2.83 bits per heavy atom. The molecule has 1 rings (SSSR count). The summed E-state index contributed by atoms with van der Waals surface area (Å²) >= 11 is 0. The Balaban J connectivity index is 2.02. The van der Waals surface area contributed by atoms with Gasteiger partial charge in [0.1, 0.15) is 0 Å². The molecule has 1 aliphatic rings. The van der Waals surface area contributed by atoms with Crippen molar-refractivity contribution in [1.82, 2.24) is 4.90 Å². The summed E-state index contributed by atoms with van der Waals surface area (Å²) in [6, 6.07) is 0. The van der Waals surface area contributed by atoms with Crippen LogP contribution in [0.2, 0.25) is 0 Å². The van der Waals surface area contributed by atoms with Crippen LogP contribution >= 0.6 is 0 Å². The topological polar surface area (TPSA) is 76.1 Å². The van der Waals surface area contributed by atoms with Crippen LogP contribution in [0.5, 0.6) is 0 Å². The molecule has 1 aliphatic heterocycles. The van der Waals surface area contributed by atoms with Gasteiger partial charge in [-0.05, 0) is 12.8 Å². The van der Waals surface area contributed by atoms with Gasteiger partial charge in [0.2, 0.25) is 5.91 Å². The number of hydrogen-bond acceptors (Lipinski definition) is 4. The third-order valence-corrected chi connectivity index (χ3v) is 2.87. The van der Waals surface area contributed by atoms with E-state index in [0.717, 1.165) is 19.4 Å². The van der Waals surface area contributed by atoms with Crippen molar-refractivity contribution < 1.29 is 24.2 Å². The molecule has 6 heteroatoms. The molecular formula is C12H21NO5. The lowest BCUT2D eigenvalue weighted by atomic mass is 10.2. The van der Waals surface area contributed by atoms with Crippen LogP contribution in [-0.4, -0.2) is 61.4 Å². The maximum Gasteiger partial charge on any atom is 0.305 e. The summed E-state index contributed by atoms with van der Waals surface area (Å²) in [5.74, 6) is -0.993. The highest BCUT2D eigenvalue weighted by atomic mass is 16.5. The van der Waals surface area contributed by atoms with Crippen molar-refractivity contribution in [3.8, 4) is 0 Å². The number of carboxylic acid groups (broad SMARTS) is 1. The maximum atomic E-state index is 11.6. The molecule has 0 bridgehead atoms. The van der Waals surface area contributed by atoms with Crippen molar-refractivity contribution in [3.05, 3.63) is 0 Å². The molecule has 1 heterocycles. The molecule has 104 valence electrons. The Morgan fingerprint density at radius 2 is 2.22 bits per heavy atom. The fraction of sp³-hybridized carbons (Fsp3) is 0.833. The van der Waals surface area contributed by atoms with E-state index in [2.05, 4.69) is 0 Å². The Labute approximate surface area is 107 Å². The van der Waals surface area contributed by atoms with E-state index < -0.39 is 5.97 Å². The largest absolute Gasteiger partial charge is 0.481 e. The lowest BCUT2D eigenvalue weighted by molar-refractivity contribution is -0.138. The SMILES string of the molecule is CN(CCC(=O)O)C(=O)CCOCC1CCCO1. The predicted octanol–water partition coefficient (Wildman–Crippen LogP) is 0.505. The molecule has 18 heavy (non-hydrogen) atoms. The average Bonchev–Trinajstić information content (AvgIpc) is 2.84. The first-order valence-electron chi connectivity index (χ1n) is 6.24. The van der Waals surface area contributed by atoms with Gasteiger partial charge >= 0.3 is 5.97 Å². The predicted molar refractivity (Wildman–Crippen MR) is 64.3 cm³/mol. The minimum Gasteiger partial charge on any atom is -0.481 e. The van der Waals surface area contributed by atoms with Crippen LogP contribution < -0.4 is 0 Å². The van der Waals surface area contributed by atoms with Gasteiger partial charge in [-0.25, -0.2) is 0 Å². The molecule has 0 aromatic heterocycles. The minimum absolute atomic E-state index is 0.0288. The van der Waals surface area contributed by atoms with Crippen molar-refractivity contribution in [2.75, 3.05) is 33.4 Å². The van der Waals surface area contributed by atoms with Crippen LogP contribution in [0.25, 0.3) is 0 Å². The first-order chi connectivity index (χ1) is 8.59. The molecule has 0 spiro atoms. The van der Waals surface area contributed by atoms with Gasteiger partial charge in [0.05, 0.1) is 32.2 Å². The number of nitrogens with zero attached hydrogens (tertiary/aromatic N) is 1. The van der Waals surface area contributed by atoms with Crippen molar-refractivity contribution >= 4 is 11.9 Å². The van der Waals surface area contributed by atoms with Crippen LogP contribution in [0, 0.1) is 0 Å². The summed E-state index contributed by atoms with van der Waals surface area (Å²) < 4.78 is 10.8. The number of amides is 1. The van der Waals surface area contributed by atoms with Crippen molar-refractivity contribution in [2.45, 2.75) is 31.8 Å². The summed E-state index contributed by atoms with van der Waals surface area (Å²) in [5.41, 5.74) is 0. The number of carbonyl (C=O) groups is 2. The quantitative estimate of drug-likeness (QED) is 0.643. The van der Waals surface area contributed by atoms with Crippen LogP contribution in [0.15, 0.2) is 0 Å². The summed E-state index contributed by atoms with van der Waals surface area (Å²) in [5, 5.41) is 8.50. The Bertz CT molecular complexity index is 276. The smallest absolute Gasteiger partial charge is 0.305 e. The second-order valence-electron chi connectivity index (χ2n) is 4.42. The number of rotatable bonds is 8. The van der Waals surface area contributed by atoms with Crippen LogP contribution in [0.1, 0.15) is 25.7 Å². The molecule has 0 aliphatic carbocycles. The Kier molecular flexibility index (Phi) is 6.67. The van der Waals surface area contributed by atoms with Crippen LogP contribution in [0.4, 0.5) is 0 Å². The maximum absolute atomic E-state index is 11.6. The molecule has 1 saturated heterocycles. The van der Waals surface area contributed by atoms with Crippen molar-refractivity contribution in [3.63, 3.8) is 0 Å². The highest BCUT2D eigenvalue weighted by Gasteiger charge is 2.16.